The van der Waals surface area contributed by atoms with E-state index in [1.807, 2.05) is 26.8 Å². The molecule has 0 amide bonds. The SMILES string of the molecule is CC.CC1CNCC(C)C1.COC1=CC=CC(F)CC1C. The summed E-state index contributed by atoms with van der Waals surface area (Å²) in [5, 5.41) is 3.38. The van der Waals surface area contributed by atoms with Gasteiger partial charge in [-0.15, -0.1) is 0 Å². The number of nitrogens with one attached hydrogen (secondary N) is 1. The molecule has 21 heavy (non-hydrogen) atoms. The summed E-state index contributed by atoms with van der Waals surface area (Å²) in [6, 6.07) is 0. The van der Waals surface area contributed by atoms with E-state index in [0.29, 0.717) is 6.42 Å². The summed E-state index contributed by atoms with van der Waals surface area (Å²) in [6.07, 6.45) is 6.21. The Morgan fingerprint density at radius 2 is 1.67 bits per heavy atom. The van der Waals surface area contributed by atoms with Crippen LogP contribution in [0.5, 0.6) is 0 Å². The Hall–Kier alpha value is -0.830. The molecule has 0 spiro atoms. The minimum Gasteiger partial charge on any atom is -0.501 e. The average molecular weight is 299 g/mol. The third-order valence-corrected chi connectivity index (χ3v) is 3.67. The van der Waals surface area contributed by atoms with Crippen molar-refractivity contribution in [2.75, 3.05) is 20.2 Å². The van der Waals surface area contributed by atoms with Crippen molar-refractivity contribution in [1.29, 1.82) is 0 Å². The topological polar surface area (TPSA) is 21.3 Å². The largest absolute Gasteiger partial charge is 0.501 e. The van der Waals surface area contributed by atoms with E-state index in [0.717, 1.165) is 17.6 Å². The van der Waals surface area contributed by atoms with Gasteiger partial charge in [0.15, 0.2) is 0 Å². The summed E-state index contributed by atoms with van der Waals surface area (Å²) in [5.41, 5.74) is 0. The Balaban J connectivity index is 0.000000354. The first-order valence-corrected chi connectivity index (χ1v) is 8.30. The lowest BCUT2D eigenvalue weighted by Gasteiger charge is -2.24. The smallest absolute Gasteiger partial charge is 0.119 e. The van der Waals surface area contributed by atoms with Gasteiger partial charge in [0.05, 0.1) is 12.9 Å². The maximum atomic E-state index is 12.8. The monoisotopic (exact) mass is 299 g/mol. The third-order valence-electron chi connectivity index (χ3n) is 3.67. The highest BCUT2D eigenvalue weighted by Crippen LogP contribution is 2.22. The summed E-state index contributed by atoms with van der Waals surface area (Å²) in [4.78, 5) is 0. The van der Waals surface area contributed by atoms with Crippen molar-refractivity contribution in [3.05, 3.63) is 24.0 Å². The summed E-state index contributed by atoms with van der Waals surface area (Å²) < 4.78 is 17.9. The summed E-state index contributed by atoms with van der Waals surface area (Å²) >= 11 is 0. The minimum atomic E-state index is -0.825. The number of allylic oxidation sites excluding steroid dienone is 4. The molecule has 0 aromatic rings. The summed E-state index contributed by atoms with van der Waals surface area (Å²) in [6.45, 7) is 13.0. The number of hydrogen-bond donors (Lipinski definition) is 1. The maximum absolute atomic E-state index is 12.8. The van der Waals surface area contributed by atoms with Gasteiger partial charge in [-0.1, -0.05) is 46.8 Å². The van der Waals surface area contributed by atoms with Crippen LogP contribution in [0.4, 0.5) is 4.39 Å². The number of piperidine rings is 1. The molecule has 124 valence electrons. The van der Waals surface area contributed by atoms with Crippen LogP contribution in [-0.4, -0.2) is 26.4 Å². The fourth-order valence-electron chi connectivity index (χ4n) is 2.67. The third kappa shape index (κ3) is 8.92. The number of ether oxygens (including phenoxy) is 1. The lowest BCUT2D eigenvalue weighted by molar-refractivity contribution is 0.226. The van der Waals surface area contributed by atoms with Gasteiger partial charge in [0, 0.05) is 5.92 Å². The molecular weight excluding hydrogens is 265 g/mol. The van der Waals surface area contributed by atoms with E-state index in [9.17, 15) is 4.39 Å². The fraction of sp³-hybridized carbons (Fsp3) is 0.778. The van der Waals surface area contributed by atoms with Gasteiger partial charge < -0.3 is 10.1 Å². The molecule has 3 heteroatoms. The van der Waals surface area contributed by atoms with Crippen LogP contribution >= 0.6 is 0 Å². The standard InChI is InChI=1S/C9H13FO.C7H15N.C2H6/c1-7-6-8(10)4-3-5-9(7)11-2;1-6-3-7(2)5-8-4-6;1-2/h3-5,7-8H,6H2,1-2H3;6-8H,3-5H2,1-2H3;1-2H3. The van der Waals surface area contributed by atoms with Gasteiger partial charge in [0.1, 0.15) is 6.17 Å². The van der Waals surface area contributed by atoms with Crippen molar-refractivity contribution >= 4 is 0 Å². The zero-order valence-corrected chi connectivity index (χ0v) is 14.7. The van der Waals surface area contributed by atoms with E-state index in [1.165, 1.54) is 19.5 Å². The highest BCUT2D eigenvalue weighted by molar-refractivity contribution is 5.14. The predicted octanol–water partition coefficient (Wildman–Crippen LogP) is 4.73. The normalized spacial score (nSPS) is 31.7. The van der Waals surface area contributed by atoms with Crippen LogP contribution in [0.15, 0.2) is 24.0 Å². The van der Waals surface area contributed by atoms with Crippen LogP contribution in [0.3, 0.4) is 0 Å². The Bertz CT molecular complexity index is 306. The van der Waals surface area contributed by atoms with Crippen molar-refractivity contribution in [1.82, 2.24) is 5.32 Å². The van der Waals surface area contributed by atoms with Gasteiger partial charge in [-0.2, -0.15) is 0 Å². The van der Waals surface area contributed by atoms with Crippen molar-refractivity contribution in [3.63, 3.8) is 0 Å². The molecule has 1 N–H and O–H groups in total. The van der Waals surface area contributed by atoms with Crippen molar-refractivity contribution in [3.8, 4) is 0 Å². The predicted molar refractivity (Wildman–Crippen MR) is 90.1 cm³/mol. The van der Waals surface area contributed by atoms with E-state index in [-0.39, 0.29) is 5.92 Å². The zero-order valence-electron chi connectivity index (χ0n) is 14.7. The number of alkyl halides is 1. The molecule has 4 atom stereocenters. The minimum absolute atomic E-state index is 0.185. The van der Waals surface area contributed by atoms with E-state index < -0.39 is 6.17 Å². The number of rotatable bonds is 1. The van der Waals surface area contributed by atoms with Crippen molar-refractivity contribution < 1.29 is 9.13 Å². The van der Waals surface area contributed by atoms with Crippen molar-refractivity contribution in [2.45, 2.75) is 53.6 Å². The molecule has 2 rings (SSSR count). The van der Waals surface area contributed by atoms with Gasteiger partial charge in [-0.3, -0.25) is 0 Å². The Morgan fingerprint density at radius 1 is 1.10 bits per heavy atom. The molecule has 0 bridgehead atoms. The van der Waals surface area contributed by atoms with Gasteiger partial charge in [0.2, 0.25) is 0 Å². The first kappa shape index (κ1) is 20.2. The van der Waals surface area contributed by atoms with Crippen LogP contribution in [0.1, 0.15) is 47.5 Å². The molecule has 0 aromatic heterocycles. The van der Waals surface area contributed by atoms with Crippen LogP contribution in [0.25, 0.3) is 0 Å². The molecular formula is C18H34FNO. The van der Waals surface area contributed by atoms with Crippen LogP contribution in [-0.2, 0) is 4.74 Å². The number of hydrogen-bond acceptors (Lipinski definition) is 2. The van der Waals surface area contributed by atoms with E-state index in [2.05, 4.69) is 19.2 Å². The molecule has 2 aliphatic rings. The van der Waals surface area contributed by atoms with Crippen LogP contribution in [0.2, 0.25) is 0 Å². The van der Waals surface area contributed by atoms with Gasteiger partial charge in [0.25, 0.3) is 0 Å². The fourth-order valence-corrected chi connectivity index (χ4v) is 2.67. The molecule has 1 heterocycles. The Morgan fingerprint density at radius 3 is 2.10 bits per heavy atom. The second kappa shape index (κ2) is 11.8. The van der Waals surface area contributed by atoms with Crippen LogP contribution in [0, 0.1) is 17.8 Å². The molecule has 2 nitrogen and oxygen atoms in total. The highest BCUT2D eigenvalue weighted by Gasteiger charge is 2.15. The molecule has 4 unspecified atom stereocenters. The quantitative estimate of drug-likeness (QED) is 0.756. The van der Waals surface area contributed by atoms with E-state index in [4.69, 9.17) is 4.74 Å². The zero-order chi connectivity index (χ0) is 16.3. The Kier molecular flexibility index (Phi) is 11.3. The van der Waals surface area contributed by atoms with E-state index in [1.54, 1.807) is 19.3 Å². The molecule has 1 saturated heterocycles. The molecule has 0 radical (unpaired) electrons. The second-order valence-corrected chi connectivity index (χ2v) is 5.92. The van der Waals surface area contributed by atoms with Crippen LogP contribution < -0.4 is 5.32 Å². The summed E-state index contributed by atoms with van der Waals surface area (Å²) in [5.74, 6) is 2.85. The second-order valence-electron chi connectivity index (χ2n) is 5.92. The average Bonchev–Trinajstić information content (AvgIpc) is 2.61. The molecule has 1 aliphatic heterocycles. The highest BCUT2D eigenvalue weighted by atomic mass is 19.1. The lowest BCUT2D eigenvalue weighted by atomic mass is 9.94. The van der Waals surface area contributed by atoms with Gasteiger partial charge in [-0.05, 0) is 43.8 Å². The summed E-state index contributed by atoms with van der Waals surface area (Å²) in [7, 11) is 1.62. The van der Waals surface area contributed by atoms with Gasteiger partial charge in [-0.25, -0.2) is 4.39 Å². The first-order chi connectivity index (χ1) is 10.0. The van der Waals surface area contributed by atoms with Crippen molar-refractivity contribution in [2.24, 2.45) is 17.8 Å². The number of methoxy groups -OCH3 is 1. The molecule has 0 saturated carbocycles. The van der Waals surface area contributed by atoms with Gasteiger partial charge >= 0.3 is 0 Å². The Labute approximate surface area is 130 Å². The van der Waals surface area contributed by atoms with E-state index >= 15 is 0 Å². The molecule has 1 aliphatic carbocycles. The maximum Gasteiger partial charge on any atom is 0.119 e. The first-order valence-electron chi connectivity index (χ1n) is 8.30. The molecule has 0 aromatic carbocycles. The molecule has 1 fully saturated rings. The lowest BCUT2D eigenvalue weighted by Crippen LogP contribution is -2.33. The number of halogens is 1.